The van der Waals surface area contributed by atoms with E-state index in [0.29, 0.717) is 13.0 Å². The highest BCUT2D eigenvalue weighted by atomic mass is 19.1. The number of carbonyl (C=O) groups excluding carboxylic acids is 5. The normalized spacial score (nSPS) is 29.2. The minimum Gasteiger partial charge on any atom is -0.507 e. The standard InChI is InChI=1S/C30H32FN3O7/c1-34(2)24-18-11-15-10-17-21(19(35)12-16(23(17)31)13-33-9-8-14-6-4-3-5-7-14)25(36)20(15)27(38)30(18,41)28(39)22(26(24)37)29(32)40/h3-7,12,15,18,20,22,24,33,35,41H,8-11,13H2,1-2H3,(H2,32,40)/t15-,18-,20?,22?,24-,30-/m0/s1. The first-order valence-electron chi connectivity index (χ1n) is 13.5. The van der Waals surface area contributed by atoms with Crippen LogP contribution < -0.4 is 11.1 Å². The Balaban J connectivity index is 1.46. The van der Waals surface area contributed by atoms with Crippen LogP contribution in [0.15, 0.2) is 36.4 Å². The van der Waals surface area contributed by atoms with E-state index >= 15 is 4.39 Å². The quantitative estimate of drug-likeness (QED) is 0.273. The van der Waals surface area contributed by atoms with Crippen molar-refractivity contribution >= 4 is 29.0 Å². The first-order chi connectivity index (χ1) is 19.4. The Bertz CT molecular complexity index is 1460. The number of halogens is 1. The second kappa shape index (κ2) is 10.6. The fourth-order valence-electron chi connectivity index (χ4n) is 6.94. The minimum atomic E-state index is -2.81. The summed E-state index contributed by atoms with van der Waals surface area (Å²) in [5.74, 6) is -12.4. The van der Waals surface area contributed by atoms with Crippen molar-refractivity contribution in [2.75, 3.05) is 20.6 Å². The third-order valence-electron chi connectivity index (χ3n) is 8.82. The summed E-state index contributed by atoms with van der Waals surface area (Å²) in [4.78, 5) is 67.3. The van der Waals surface area contributed by atoms with Crippen molar-refractivity contribution in [2.45, 2.75) is 37.5 Å². The maximum absolute atomic E-state index is 15.8. The number of nitrogens with two attached hydrogens (primary N) is 1. The molecular weight excluding hydrogens is 533 g/mol. The number of nitrogens with one attached hydrogen (secondary N) is 1. The van der Waals surface area contributed by atoms with Gasteiger partial charge in [0.15, 0.2) is 34.7 Å². The Morgan fingerprint density at radius 2 is 1.83 bits per heavy atom. The molecule has 10 nitrogen and oxygen atoms in total. The van der Waals surface area contributed by atoms with E-state index in [0.717, 1.165) is 11.6 Å². The lowest BCUT2D eigenvalue weighted by Gasteiger charge is -2.52. The molecule has 0 heterocycles. The van der Waals surface area contributed by atoms with Gasteiger partial charge in [0, 0.05) is 23.6 Å². The number of ketones is 4. The van der Waals surface area contributed by atoms with Gasteiger partial charge in [0.25, 0.3) is 0 Å². The first-order valence-corrected chi connectivity index (χ1v) is 13.5. The van der Waals surface area contributed by atoms with Crippen molar-refractivity contribution < 1.29 is 38.6 Å². The summed E-state index contributed by atoms with van der Waals surface area (Å²) in [7, 11) is 3.01. The molecule has 2 aromatic carbocycles. The van der Waals surface area contributed by atoms with Crippen LogP contribution >= 0.6 is 0 Å². The van der Waals surface area contributed by atoms with E-state index in [2.05, 4.69) is 5.32 Å². The second-order valence-electron chi connectivity index (χ2n) is 11.4. The number of likely N-dealkylation sites (N-methyl/N-ethyl adjacent to an activating group) is 1. The number of primary amides is 1. The summed E-state index contributed by atoms with van der Waals surface area (Å²) >= 11 is 0. The highest BCUT2D eigenvalue weighted by Gasteiger charge is 2.69. The van der Waals surface area contributed by atoms with Crippen molar-refractivity contribution in [1.29, 1.82) is 0 Å². The van der Waals surface area contributed by atoms with E-state index in [4.69, 9.17) is 5.73 Å². The topological polar surface area (TPSA) is 167 Å². The highest BCUT2D eigenvalue weighted by molar-refractivity contribution is 6.32. The predicted octanol–water partition coefficient (Wildman–Crippen LogP) is 0.338. The largest absolute Gasteiger partial charge is 0.507 e. The average Bonchev–Trinajstić information content (AvgIpc) is 2.91. The number of aliphatic hydroxyl groups is 1. The maximum atomic E-state index is 15.8. The number of hydrogen-bond donors (Lipinski definition) is 4. The number of nitrogens with zero attached hydrogens (tertiary/aromatic N) is 1. The molecule has 3 aliphatic carbocycles. The van der Waals surface area contributed by atoms with Crippen molar-refractivity contribution in [1.82, 2.24) is 10.2 Å². The SMILES string of the molecule is CN(C)[C@@H]1C(=O)C(C(N)=O)C(=O)[C@@]2(O)C(=O)C3C(=O)c4c(O)cc(CNCCc5ccccc5)c(F)c4C[C@H]3C[C@@H]12. The zero-order valence-electron chi connectivity index (χ0n) is 22.7. The molecule has 0 spiro atoms. The third-order valence-corrected chi connectivity index (χ3v) is 8.82. The molecule has 5 rings (SSSR count). The van der Waals surface area contributed by atoms with Crippen LogP contribution in [0.25, 0.3) is 0 Å². The monoisotopic (exact) mass is 565 g/mol. The van der Waals surface area contributed by atoms with Gasteiger partial charge in [-0.1, -0.05) is 30.3 Å². The Morgan fingerprint density at radius 3 is 2.46 bits per heavy atom. The van der Waals surface area contributed by atoms with Crippen molar-refractivity contribution in [3.8, 4) is 5.75 Å². The molecule has 2 saturated carbocycles. The predicted molar refractivity (Wildman–Crippen MR) is 143 cm³/mol. The molecule has 11 heteroatoms. The Labute approximate surface area is 235 Å². The molecule has 6 atom stereocenters. The molecule has 2 unspecified atom stereocenters. The van der Waals surface area contributed by atoms with Gasteiger partial charge in [-0.05, 0) is 57.5 Å². The first kappa shape index (κ1) is 28.7. The van der Waals surface area contributed by atoms with Gasteiger partial charge < -0.3 is 21.3 Å². The van der Waals surface area contributed by atoms with Crippen LogP contribution in [0.4, 0.5) is 4.39 Å². The van der Waals surface area contributed by atoms with Crippen LogP contribution in [0.1, 0.15) is 33.5 Å². The van der Waals surface area contributed by atoms with E-state index < -0.39 is 75.9 Å². The number of benzene rings is 2. The highest BCUT2D eigenvalue weighted by Crippen LogP contribution is 2.51. The summed E-state index contributed by atoms with van der Waals surface area (Å²) in [5, 5.41) is 25.5. The summed E-state index contributed by atoms with van der Waals surface area (Å²) < 4.78 is 15.8. The van der Waals surface area contributed by atoms with E-state index in [-0.39, 0.29) is 36.1 Å². The maximum Gasteiger partial charge on any atom is 0.235 e. The zero-order chi connectivity index (χ0) is 29.8. The van der Waals surface area contributed by atoms with E-state index in [1.54, 1.807) is 0 Å². The third kappa shape index (κ3) is 4.48. The van der Waals surface area contributed by atoms with Crippen molar-refractivity contribution in [2.24, 2.45) is 29.4 Å². The van der Waals surface area contributed by atoms with Crippen LogP contribution in [0.5, 0.6) is 5.75 Å². The van der Waals surface area contributed by atoms with Crippen LogP contribution in [0, 0.1) is 29.5 Å². The number of carbonyl (C=O) groups is 5. The van der Waals surface area contributed by atoms with Crippen LogP contribution in [-0.4, -0.2) is 76.4 Å². The van der Waals surface area contributed by atoms with Gasteiger partial charge in [0.05, 0.1) is 17.5 Å². The van der Waals surface area contributed by atoms with Gasteiger partial charge >= 0.3 is 0 Å². The molecule has 2 fully saturated rings. The lowest BCUT2D eigenvalue weighted by molar-refractivity contribution is -0.181. The Morgan fingerprint density at radius 1 is 1.15 bits per heavy atom. The van der Waals surface area contributed by atoms with Gasteiger partial charge in [-0.3, -0.25) is 28.9 Å². The van der Waals surface area contributed by atoms with Gasteiger partial charge in [-0.25, -0.2) is 4.39 Å². The molecule has 41 heavy (non-hydrogen) atoms. The van der Waals surface area contributed by atoms with Gasteiger partial charge in [0.1, 0.15) is 11.6 Å². The lowest BCUT2D eigenvalue weighted by Crippen LogP contribution is -2.74. The molecular formula is C30H32FN3O7. The number of aromatic hydroxyl groups is 1. The molecule has 0 saturated heterocycles. The van der Waals surface area contributed by atoms with Crippen molar-refractivity contribution in [3.05, 3.63) is 64.5 Å². The molecule has 5 N–H and O–H groups in total. The Hall–Kier alpha value is -3.80. The second-order valence-corrected chi connectivity index (χ2v) is 11.4. The number of rotatable bonds is 7. The number of Topliss-reactive ketones (excluding diaryl/α,β-unsaturated/α-hetero) is 4. The van der Waals surface area contributed by atoms with E-state index in [1.165, 1.54) is 19.0 Å². The van der Waals surface area contributed by atoms with Gasteiger partial charge in [-0.2, -0.15) is 0 Å². The summed E-state index contributed by atoms with van der Waals surface area (Å²) in [6, 6.07) is 9.64. The number of phenolic OH excluding ortho intramolecular Hbond substituents is 1. The Kier molecular flexibility index (Phi) is 7.39. The number of phenols is 1. The van der Waals surface area contributed by atoms with E-state index in [9.17, 15) is 34.2 Å². The van der Waals surface area contributed by atoms with Gasteiger partial charge in [0.2, 0.25) is 5.91 Å². The number of fused-ring (bicyclic) bond motifs is 3. The van der Waals surface area contributed by atoms with Crippen LogP contribution in [-0.2, 0) is 38.6 Å². The fourth-order valence-corrected chi connectivity index (χ4v) is 6.94. The molecule has 0 radical (unpaired) electrons. The average molecular weight is 566 g/mol. The molecule has 1 amide bonds. The molecule has 216 valence electrons. The summed E-state index contributed by atoms with van der Waals surface area (Å²) in [6.45, 7) is 0.628. The lowest BCUT2D eigenvalue weighted by atomic mass is 9.52. The number of hydrogen-bond acceptors (Lipinski definition) is 9. The van der Waals surface area contributed by atoms with Crippen LogP contribution in [0.3, 0.4) is 0 Å². The fraction of sp³-hybridized carbons (Fsp3) is 0.433. The van der Waals surface area contributed by atoms with Crippen LogP contribution in [0.2, 0.25) is 0 Å². The zero-order valence-corrected chi connectivity index (χ0v) is 22.7. The molecule has 3 aliphatic rings. The van der Waals surface area contributed by atoms with Gasteiger partial charge in [-0.15, -0.1) is 0 Å². The molecule has 2 aromatic rings. The summed E-state index contributed by atoms with van der Waals surface area (Å²) in [6.07, 6.45) is 0.446. The van der Waals surface area contributed by atoms with E-state index in [1.807, 2.05) is 30.3 Å². The van der Waals surface area contributed by atoms with Crippen molar-refractivity contribution in [3.63, 3.8) is 0 Å². The minimum absolute atomic E-state index is 0.0424. The smallest absolute Gasteiger partial charge is 0.235 e. The summed E-state index contributed by atoms with van der Waals surface area (Å²) in [5.41, 5.74) is 3.35. The molecule has 0 aliphatic heterocycles. The molecule has 0 aromatic heterocycles. The molecule has 0 bridgehead atoms. The number of amides is 1.